The molecule has 2 aromatic rings. The molecule has 2 aliphatic heterocycles. The van der Waals surface area contributed by atoms with E-state index in [-0.39, 0.29) is 36.5 Å². The van der Waals surface area contributed by atoms with Crippen molar-refractivity contribution in [2.45, 2.75) is 30.8 Å². The number of carbonyl (C=O) groups is 1. The molecule has 31 heavy (non-hydrogen) atoms. The third kappa shape index (κ3) is 4.21. The number of hydrogen-bond acceptors (Lipinski definition) is 4. The van der Waals surface area contributed by atoms with Gasteiger partial charge in [0.05, 0.1) is 19.3 Å². The summed E-state index contributed by atoms with van der Waals surface area (Å²) in [6.07, 6.45) is 0.574. The topological polar surface area (TPSA) is 56.8 Å². The van der Waals surface area contributed by atoms with Crippen LogP contribution in [0.1, 0.15) is 24.0 Å². The maximum absolute atomic E-state index is 15.2. The van der Waals surface area contributed by atoms with E-state index >= 15 is 4.39 Å². The van der Waals surface area contributed by atoms with Gasteiger partial charge in [-0.25, -0.2) is 13.6 Å². The van der Waals surface area contributed by atoms with Gasteiger partial charge in [-0.2, -0.15) is 0 Å². The molecule has 0 unspecified atom stereocenters. The summed E-state index contributed by atoms with van der Waals surface area (Å²) in [5.74, 6) is -1.32. The molecule has 8 heteroatoms. The summed E-state index contributed by atoms with van der Waals surface area (Å²) < 4.78 is 46.6. The summed E-state index contributed by atoms with van der Waals surface area (Å²) in [6, 6.07) is 9.64. The maximum Gasteiger partial charge on any atom is 0.406 e. The Hall–Kier alpha value is -2.38. The molecule has 2 aromatic carbocycles. The molecule has 1 saturated heterocycles. The number of alkyl carbamates (subject to hydrolysis) is 1. The lowest BCUT2D eigenvalue weighted by molar-refractivity contribution is -0.103. The third-order valence-corrected chi connectivity index (χ3v) is 6.53. The summed E-state index contributed by atoms with van der Waals surface area (Å²) in [6.45, 7) is 0.714. The molecule has 2 heterocycles. The lowest BCUT2D eigenvalue weighted by Crippen LogP contribution is -2.55. The molecule has 1 N–H and O–H groups in total. The Balaban J connectivity index is 1.72. The number of carbonyl (C=O) groups excluding carboxylic acids is 1. The minimum atomic E-state index is -0.719. The van der Waals surface area contributed by atoms with Crippen LogP contribution >= 0.6 is 11.6 Å². The second-order valence-electron chi connectivity index (χ2n) is 7.94. The van der Waals surface area contributed by atoms with Crippen LogP contribution in [0.15, 0.2) is 36.4 Å². The average molecular weight is 452 g/mol. The van der Waals surface area contributed by atoms with Crippen molar-refractivity contribution in [3.8, 4) is 5.75 Å². The second kappa shape index (κ2) is 9.01. The van der Waals surface area contributed by atoms with E-state index in [0.29, 0.717) is 30.9 Å². The third-order valence-electron chi connectivity index (χ3n) is 6.28. The number of rotatable bonds is 5. The van der Waals surface area contributed by atoms with Crippen LogP contribution in [0.3, 0.4) is 0 Å². The standard InChI is InChI=1S/C23H24ClF2NO4/c1-27-22(28)30-10-8-19-16-13-31-21-18(26)7-6-17(25)20(21)23(16,9-11-29-19)12-14-2-4-15(24)5-3-14/h2-7,16,19H,8-13H2,1H3,(H,27,28)/t16-,19-,23-/m1/s1. The van der Waals surface area contributed by atoms with Gasteiger partial charge in [0.25, 0.3) is 0 Å². The molecular formula is C23H24ClF2NO4. The van der Waals surface area contributed by atoms with Crippen LogP contribution in [0.4, 0.5) is 13.6 Å². The fourth-order valence-electron chi connectivity index (χ4n) is 4.84. The zero-order chi connectivity index (χ0) is 22.0. The lowest BCUT2D eigenvalue weighted by Gasteiger charge is -2.51. The zero-order valence-corrected chi connectivity index (χ0v) is 17.9. The maximum atomic E-state index is 15.2. The molecule has 0 aromatic heterocycles. The van der Waals surface area contributed by atoms with Crippen molar-refractivity contribution in [2.24, 2.45) is 5.92 Å². The Kier molecular flexibility index (Phi) is 6.34. The number of hydrogen-bond donors (Lipinski definition) is 1. The Labute approximate surface area is 184 Å². The highest BCUT2D eigenvalue weighted by molar-refractivity contribution is 6.30. The van der Waals surface area contributed by atoms with E-state index in [1.807, 2.05) is 12.1 Å². The predicted octanol–water partition coefficient (Wildman–Crippen LogP) is 4.64. The summed E-state index contributed by atoms with van der Waals surface area (Å²) in [7, 11) is 1.49. The van der Waals surface area contributed by atoms with E-state index in [1.54, 1.807) is 12.1 Å². The van der Waals surface area contributed by atoms with Crippen molar-refractivity contribution in [1.82, 2.24) is 5.32 Å². The van der Waals surface area contributed by atoms with Crippen LogP contribution in [0.5, 0.6) is 5.75 Å². The first-order valence-electron chi connectivity index (χ1n) is 10.3. The van der Waals surface area contributed by atoms with Gasteiger partial charge < -0.3 is 19.5 Å². The van der Waals surface area contributed by atoms with Gasteiger partial charge in [0.2, 0.25) is 0 Å². The zero-order valence-electron chi connectivity index (χ0n) is 17.1. The molecule has 1 fully saturated rings. The number of fused-ring (bicyclic) bond motifs is 3. The molecule has 3 atom stereocenters. The van der Waals surface area contributed by atoms with Crippen LogP contribution in [0, 0.1) is 17.6 Å². The van der Waals surface area contributed by atoms with Gasteiger partial charge in [0.1, 0.15) is 5.82 Å². The van der Waals surface area contributed by atoms with Crippen molar-refractivity contribution in [1.29, 1.82) is 0 Å². The summed E-state index contributed by atoms with van der Waals surface area (Å²) in [5, 5.41) is 3.01. The van der Waals surface area contributed by atoms with E-state index in [0.717, 1.165) is 17.7 Å². The van der Waals surface area contributed by atoms with E-state index in [4.69, 9.17) is 25.8 Å². The quantitative estimate of drug-likeness (QED) is 0.719. The molecule has 0 bridgehead atoms. The highest BCUT2D eigenvalue weighted by Crippen LogP contribution is 2.52. The summed E-state index contributed by atoms with van der Waals surface area (Å²) in [5.41, 5.74) is 0.510. The van der Waals surface area contributed by atoms with Gasteiger partial charge in [-0.3, -0.25) is 0 Å². The van der Waals surface area contributed by atoms with Gasteiger partial charge in [-0.1, -0.05) is 23.7 Å². The summed E-state index contributed by atoms with van der Waals surface area (Å²) >= 11 is 6.04. The highest BCUT2D eigenvalue weighted by atomic mass is 35.5. The van der Waals surface area contributed by atoms with Crippen LogP contribution in [0.2, 0.25) is 5.02 Å². The van der Waals surface area contributed by atoms with Crippen LogP contribution in [0.25, 0.3) is 0 Å². The fourth-order valence-corrected chi connectivity index (χ4v) is 4.96. The first-order valence-corrected chi connectivity index (χ1v) is 10.6. The van der Waals surface area contributed by atoms with Crippen LogP contribution < -0.4 is 10.1 Å². The molecule has 0 spiro atoms. The fraction of sp³-hybridized carbons (Fsp3) is 0.435. The summed E-state index contributed by atoms with van der Waals surface area (Å²) in [4.78, 5) is 11.4. The lowest BCUT2D eigenvalue weighted by atomic mass is 9.60. The number of nitrogens with one attached hydrogen (secondary N) is 1. The van der Waals surface area contributed by atoms with E-state index in [2.05, 4.69) is 5.32 Å². The molecule has 4 rings (SSSR count). The monoisotopic (exact) mass is 451 g/mol. The molecule has 1 amide bonds. The molecule has 0 radical (unpaired) electrons. The molecule has 0 aliphatic carbocycles. The Morgan fingerprint density at radius 1 is 1.23 bits per heavy atom. The highest BCUT2D eigenvalue weighted by Gasteiger charge is 2.53. The van der Waals surface area contributed by atoms with Crippen molar-refractivity contribution < 1.29 is 27.8 Å². The Morgan fingerprint density at radius 2 is 1.97 bits per heavy atom. The average Bonchev–Trinajstić information content (AvgIpc) is 2.77. The number of benzene rings is 2. The first kappa shape index (κ1) is 21.8. The van der Waals surface area contributed by atoms with Crippen molar-refractivity contribution in [3.05, 3.63) is 64.2 Å². The Bertz CT molecular complexity index is 955. The van der Waals surface area contributed by atoms with Crippen LogP contribution in [-0.2, 0) is 21.3 Å². The van der Waals surface area contributed by atoms with E-state index < -0.39 is 23.1 Å². The predicted molar refractivity (Wildman–Crippen MR) is 112 cm³/mol. The SMILES string of the molecule is CNC(=O)OCC[C@H]1OCC[C@]2(Cc3ccc(Cl)cc3)c3c(F)ccc(F)c3OC[C@H]12. The first-order chi connectivity index (χ1) is 14.9. The molecule has 5 nitrogen and oxygen atoms in total. The number of halogens is 3. The van der Waals surface area contributed by atoms with E-state index in [1.165, 1.54) is 7.05 Å². The minimum Gasteiger partial charge on any atom is -0.490 e. The van der Waals surface area contributed by atoms with Gasteiger partial charge in [-0.05, 0) is 42.7 Å². The van der Waals surface area contributed by atoms with Gasteiger partial charge in [-0.15, -0.1) is 0 Å². The van der Waals surface area contributed by atoms with Crippen molar-refractivity contribution in [3.63, 3.8) is 0 Å². The molecular weight excluding hydrogens is 428 g/mol. The second-order valence-corrected chi connectivity index (χ2v) is 8.38. The van der Waals surface area contributed by atoms with Crippen molar-refractivity contribution >= 4 is 17.7 Å². The minimum absolute atomic E-state index is 0.0209. The van der Waals surface area contributed by atoms with Crippen LogP contribution in [-0.4, -0.2) is 39.1 Å². The van der Waals surface area contributed by atoms with Gasteiger partial charge >= 0.3 is 6.09 Å². The van der Waals surface area contributed by atoms with Crippen molar-refractivity contribution in [2.75, 3.05) is 26.9 Å². The van der Waals surface area contributed by atoms with E-state index in [9.17, 15) is 9.18 Å². The molecule has 166 valence electrons. The smallest absolute Gasteiger partial charge is 0.406 e. The van der Waals surface area contributed by atoms with Gasteiger partial charge in [0, 0.05) is 42.0 Å². The largest absolute Gasteiger partial charge is 0.490 e. The normalized spacial score (nSPS) is 24.5. The molecule has 2 aliphatic rings. The molecule has 0 saturated carbocycles. The Morgan fingerprint density at radius 3 is 2.71 bits per heavy atom. The van der Waals surface area contributed by atoms with Gasteiger partial charge in [0.15, 0.2) is 11.6 Å². The number of ether oxygens (including phenoxy) is 3. The number of amides is 1.